The van der Waals surface area contributed by atoms with E-state index < -0.39 is 6.10 Å². The first-order chi connectivity index (χ1) is 11.6. The fourth-order valence-electron chi connectivity index (χ4n) is 3.13. The fourth-order valence-corrected chi connectivity index (χ4v) is 3.13. The van der Waals surface area contributed by atoms with Crippen LogP contribution >= 0.6 is 0 Å². The van der Waals surface area contributed by atoms with E-state index in [1.54, 1.807) is 18.2 Å². The quantitative estimate of drug-likeness (QED) is 0.936. The molecular formula is C19H22N2O3. The number of nitrogens with zero attached hydrogens (tertiary/aromatic N) is 2. The molecule has 1 aliphatic rings. The lowest BCUT2D eigenvalue weighted by molar-refractivity contribution is -0.131. The monoisotopic (exact) mass is 326 g/mol. The third-order valence-electron chi connectivity index (χ3n) is 4.41. The Balaban J connectivity index is 1.79. The van der Waals surface area contributed by atoms with E-state index in [2.05, 4.69) is 4.98 Å². The minimum Gasteiger partial charge on any atom is -0.497 e. The molecule has 0 unspecified atom stereocenters. The van der Waals surface area contributed by atoms with Crippen molar-refractivity contribution in [2.45, 2.75) is 31.9 Å². The number of ether oxygens (including phenoxy) is 1. The molecule has 2 heterocycles. The number of methoxy groups -OCH3 is 1. The molecule has 0 aliphatic carbocycles. The normalized spacial score (nSPS) is 20.2. The van der Waals surface area contributed by atoms with Gasteiger partial charge in [0.05, 0.1) is 25.7 Å². The first-order valence-corrected chi connectivity index (χ1v) is 8.10. The number of benzene rings is 1. The van der Waals surface area contributed by atoms with E-state index >= 15 is 0 Å². The van der Waals surface area contributed by atoms with Crippen LogP contribution < -0.4 is 4.74 Å². The SMILES string of the molecule is COc1cccc([C@H]2C[C@@H](O)CN2C(=O)Cc2ccc(C)nc2)c1. The van der Waals surface area contributed by atoms with Crippen LogP contribution in [0.3, 0.4) is 0 Å². The van der Waals surface area contributed by atoms with Crippen molar-refractivity contribution in [3.63, 3.8) is 0 Å². The highest BCUT2D eigenvalue weighted by Crippen LogP contribution is 2.34. The van der Waals surface area contributed by atoms with Gasteiger partial charge in [0.1, 0.15) is 5.75 Å². The van der Waals surface area contributed by atoms with Gasteiger partial charge in [-0.05, 0) is 42.7 Å². The molecule has 2 atom stereocenters. The van der Waals surface area contributed by atoms with Crippen LogP contribution in [0.15, 0.2) is 42.6 Å². The standard InChI is InChI=1S/C19H22N2O3/c1-13-6-7-14(11-20-13)8-19(23)21-12-16(22)10-18(21)15-4-3-5-17(9-15)24-2/h3-7,9,11,16,18,22H,8,10,12H2,1-2H3/t16-,18-/m1/s1. The highest BCUT2D eigenvalue weighted by molar-refractivity contribution is 5.79. The Morgan fingerprint density at radius 2 is 2.21 bits per heavy atom. The second kappa shape index (κ2) is 7.01. The second-order valence-corrected chi connectivity index (χ2v) is 6.21. The van der Waals surface area contributed by atoms with Crippen molar-refractivity contribution in [3.8, 4) is 5.75 Å². The molecule has 0 radical (unpaired) electrons. The smallest absolute Gasteiger partial charge is 0.227 e. The summed E-state index contributed by atoms with van der Waals surface area (Å²) >= 11 is 0. The number of carbonyl (C=O) groups excluding carboxylic acids is 1. The topological polar surface area (TPSA) is 62.7 Å². The molecule has 2 aromatic rings. The van der Waals surface area contributed by atoms with Crippen molar-refractivity contribution in [1.29, 1.82) is 0 Å². The van der Waals surface area contributed by atoms with E-state index in [1.807, 2.05) is 43.3 Å². The van der Waals surface area contributed by atoms with Crippen LogP contribution in [0.2, 0.25) is 0 Å². The maximum atomic E-state index is 12.7. The highest BCUT2D eigenvalue weighted by Gasteiger charge is 2.35. The van der Waals surface area contributed by atoms with Gasteiger partial charge in [0.15, 0.2) is 0 Å². The average Bonchev–Trinajstić information content (AvgIpc) is 2.99. The Kier molecular flexibility index (Phi) is 4.81. The summed E-state index contributed by atoms with van der Waals surface area (Å²) in [6.07, 6.45) is 2.08. The number of hydrogen-bond donors (Lipinski definition) is 1. The maximum absolute atomic E-state index is 12.7. The minimum absolute atomic E-state index is 0.00465. The second-order valence-electron chi connectivity index (χ2n) is 6.21. The summed E-state index contributed by atoms with van der Waals surface area (Å²) in [4.78, 5) is 18.7. The zero-order chi connectivity index (χ0) is 17.1. The van der Waals surface area contributed by atoms with Gasteiger partial charge in [-0.1, -0.05) is 18.2 Å². The summed E-state index contributed by atoms with van der Waals surface area (Å²) in [5.41, 5.74) is 2.80. The molecule has 1 fully saturated rings. The Bertz CT molecular complexity index is 715. The third kappa shape index (κ3) is 3.57. The number of carbonyl (C=O) groups is 1. The van der Waals surface area contributed by atoms with E-state index in [0.717, 1.165) is 22.6 Å². The van der Waals surface area contributed by atoms with E-state index in [0.29, 0.717) is 19.4 Å². The molecule has 1 N–H and O–H groups in total. The Labute approximate surface area is 141 Å². The first kappa shape index (κ1) is 16.5. The number of amides is 1. The van der Waals surface area contributed by atoms with Crippen LogP contribution in [-0.2, 0) is 11.2 Å². The largest absolute Gasteiger partial charge is 0.497 e. The van der Waals surface area contributed by atoms with Crippen molar-refractivity contribution in [1.82, 2.24) is 9.88 Å². The number of aromatic nitrogens is 1. The molecule has 126 valence electrons. The summed E-state index contributed by atoms with van der Waals surface area (Å²) in [6, 6.07) is 11.4. The van der Waals surface area contributed by atoms with Crippen molar-refractivity contribution in [2.75, 3.05) is 13.7 Å². The predicted molar refractivity (Wildman–Crippen MR) is 90.7 cm³/mol. The van der Waals surface area contributed by atoms with Crippen LogP contribution in [0.25, 0.3) is 0 Å². The summed E-state index contributed by atoms with van der Waals surface area (Å²) in [5.74, 6) is 0.758. The van der Waals surface area contributed by atoms with Crippen LogP contribution in [0.4, 0.5) is 0 Å². The van der Waals surface area contributed by atoms with Gasteiger partial charge in [0.25, 0.3) is 0 Å². The molecule has 1 amide bonds. The molecule has 1 aliphatic heterocycles. The molecule has 5 heteroatoms. The number of rotatable bonds is 4. The minimum atomic E-state index is -0.499. The lowest BCUT2D eigenvalue weighted by Crippen LogP contribution is -2.33. The van der Waals surface area contributed by atoms with E-state index in [1.165, 1.54) is 0 Å². The zero-order valence-corrected chi connectivity index (χ0v) is 14.0. The van der Waals surface area contributed by atoms with Crippen LogP contribution in [0, 0.1) is 6.92 Å². The van der Waals surface area contributed by atoms with Crippen molar-refractivity contribution in [3.05, 3.63) is 59.4 Å². The Morgan fingerprint density at radius 1 is 1.38 bits per heavy atom. The van der Waals surface area contributed by atoms with E-state index in [4.69, 9.17) is 4.74 Å². The first-order valence-electron chi connectivity index (χ1n) is 8.10. The molecule has 3 rings (SSSR count). The Hall–Kier alpha value is -2.40. The van der Waals surface area contributed by atoms with Gasteiger partial charge in [-0.3, -0.25) is 9.78 Å². The number of aryl methyl sites for hydroxylation is 1. The van der Waals surface area contributed by atoms with Crippen molar-refractivity contribution < 1.29 is 14.6 Å². The molecule has 24 heavy (non-hydrogen) atoms. The number of β-amino-alcohol motifs (C(OH)–C–C–N with tert-alkyl or cyclic N) is 1. The Morgan fingerprint density at radius 3 is 2.92 bits per heavy atom. The number of pyridine rings is 1. The molecule has 1 saturated heterocycles. The third-order valence-corrected chi connectivity index (χ3v) is 4.41. The van der Waals surface area contributed by atoms with Crippen molar-refractivity contribution in [2.24, 2.45) is 0 Å². The van der Waals surface area contributed by atoms with Gasteiger partial charge in [0, 0.05) is 18.4 Å². The molecule has 1 aromatic carbocycles. The molecule has 0 spiro atoms. The predicted octanol–water partition coefficient (Wildman–Crippen LogP) is 2.28. The highest BCUT2D eigenvalue weighted by atomic mass is 16.5. The van der Waals surface area contributed by atoms with Gasteiger partial charge < -0.3 is 14.7 Å². The van der Waals surface area contributed by atoms with Crippen LogP contribution in [-0.4, -0.2) is 40.7 Å². The van der Waals surface area contributed by atoms with Crippen LogP contribution in [0.1, 0.15) is 29.3 Å². The number of aliphatic hydroxyl groups is 1. The lowest BCUT2D eigenvalue weighted by atomic mass is 10.0. The fraction of sp³-hybridized carbons (Fsp3) is 0.368. The molecule has 0 bridgehead atoms. The molecule has 0 saturated carbocycles. The summed E-state index contributed by atoms with van der Waals surface area (Å²) in [5, 5.41) is 10.1. The van der Waals surface area contributed by atoms with E-state index in [-0.39, 0.29) is 11.9 Å². The molecule has 5 nitrogen and oxygen atoms in total. The van der Waals surface area contributed by atoms with Gasteiger partial charge >= 0.3 is 0 Å². The average molecular weight is 326 g/mol. The number of likely N-dealkylation sites (tertiary alicyclic amines) is 1. The summed E-state index contributed by atoms with van der Waals surface area (Å²) < 4.78 is 5.27. The molecule has 1 aromatic heterocycles. The van der Waals surface area contributed by atoms with Gasteiger partial charge in [-0.15, -0.1) is 0 Å². The van der Waals surface area contributed by atoms with Gasteiger partial charge in [-0.25, -0.2) is 0 Å². The summed E-state index contributed by atoms with van der Waals surface area (Å²) in [7, 11) is 1.62. The van der Waals surface area contributed by atoms with Crippen LogP contribution in [0.5, 0.6) is 5.75 Å². The van der Waals surface area contributed by atoms with Gasteiger partial charge in [-0.2, -0.15) is 0 Å². The van der Waals surface area contributed by atoms with Crippen molar-refractivity contribution >= 4 is 5.91 Å². The van der Waals surface area contributed by atoms with Gasteiger partial charge in [0.2, 0.25) is 5.91 Å². The summed E-state index contributed by atoms with van der Waals surface area (Å²) in [6.45, 7) is 2.28. The lowest BCUT2D eigenvalue weighted by Gasteiger charge is -2.25. The van der Waals surface area contributed by atoms with E-state index in [9.17, 15) is 9.90 Å². The number of aliphatic hydroxyl groups excluding tert-OH is 1. The number of hydrogen-bond acceptors (Lipinski definition) is 4. The zero-order valence-electron chi connectivity index (χ0n) is 14.0. The maximum Gasteiger partial charge on any atom is 0.227 e. The molecular weight excluding hydrogens is 304 g/mol.